The molecule has 26 heavy (non-hydrogen) atoms. The van der Waals surface area contributed by atoms with Crippen LogP contribution in [0, 0.1) is 0 Å². The molecule has 0 aromatic carbocycles. The van der Waals surface area contributed by atoms with E-state index in [0.29, 0.717) is 18.7 Å². The predicted octanol–water partition coefficient (Wildman–Crippen LogP) is -0.0317. The number of fused-ring (bicyclic) bond motifs is 2. The quantitative estimate of drug-likeness (QED) is 0.706. The molecule has 142 valence electrons. The van der Waals surface area contributed by atoms with Gasteiger partial charge in [-0.15, -0.1) is 11.8 Å². The number of furan rings is 1. The van der Waals surface area contributed by atoms with Gasteiger partial charge < -0.3 is 14.2 Å². The summed E-state index contributed by atoms with van der Waals surface area (Å²) >= 11 is 1.69. The number of nitrogens with zero attached hydrogens (tertiary/aromatic N) is 3. The summed E-state index contributed by atoms with van der Waals surface area (Å²) in [5.74, 6) is 1.39. The van der Waals surface area contributed by atoms with E-state index in [9.17, 15) is 18.0 Å². The van der Waals surface area contributed by atoms with Crippen LogP contribution in [0.4, 0.5) is 0 Å². The fraction of sp³-hybridized carbons (Fsp3) is 0.625. The molecule has 0 spiro atoms. The van der Waals surface area contributed by atoms with Gasteiger partial charge in [0.2, 0.25) is 21.8 Å². The van der Waals surface area contributed by atoms with Crippen LogP contribution in [0.2, 0.25) is 0 Å². The zero-order chi connectivity index (χ0) is 18.5. The van der Waals surface area contributed by atoms with Crippen LogP contribution in [-0.4, -0.2) is 84.1 Å². The summed E-state index contributed by atoms with van der Waals surface area (Å²) in [4.78, 5) is 29.0. The summed E-state index contributed by atoms with van der Waals surface area (Å²) in [5.41, 5.74) is 0. The molecule has 1 aromatic heterocycles. The van der Waals surface area contributed by atoms with Crippen LogP contribution in [0.15, 0.2) is 22.8 Å². The number of piperazine rings is 2. The van der Waals surface area contributed by atoms with Gasteiger partial charge in [0, 0.05) is 31.4 Å². The minimum absolute atomic E-state index is 0.0520. The van der Waals surface area contributed by atoms with Crippen molar-refractivity contribution in [1.82, 2.24) is 14.1 Å². The Morgan fingerprint density at radius 2 is 1.92 bits per heavy atom. The molecule has 0 aliphatic carbocycles. The van der Waals surface area contributed by atoms with Gasteiger partial charge in [-0.1, -0.05) is 0 Å². The average Bonchev–Trinajstić information content (AvgIpc) is 3.26. The number of hydrogen-bond acceptors (Lipinski definition) is 6. The van der Waals surface area contributed by atoms with Crippen molar-refractivity contribution in [2.45, 2.75) is 29.5 Å². The van der Waals surface area contributed by atoms with Crippen molar-refractivity contribution in [1.29, 1.82) is 0 Å². The van der Waals surface area contributed by atoms with Crippen molar-refractivity contribution in [2.75, 3.05) is 32.4 Å². The molecule has 4 heterocycles. The van der Waals surface area contributed by atoms with Crippen LogP contribution in [-0.2, 0) is 25.4 Å². The zero-order valence-electron chi connectivity index (χ0n) is 14.4. The minimum Gasteiger partial charge on any atom is -0.468 e. The highest BCUT2D eigenvalue weighted by Crippen LogP contribution is 2.35. The van der Waals surface area contributed by atoms with Crippen molar-refractivity contribution in [3.8, 4) is 0 Å². The molecule has 0 bridgehead atoms. The lowest BCUT2D eigenvalue weighted by molar-refractivity contribution is -0.161. The molecular weight excluding hydrogens is 378 g/mol. The first-order valence-corrected chi connectivity index (χ1v) is 11.4. The summed E-state index contributed by atoms with van der Waals surface area (Å²) < 4.78 is 30.3. The second-order valence-electron chi connectivity index (χ2n) is 6.92. The predicted molar refractivity (Wildman–Crippen MR) is 95.8 cm³/mol. The number of carbonyl (C=O) groups is 2. The standard InChI is InChI=1S/C16H21N3O5S2/c1-26(22,23)17-4-5-18-14(9-17)16(21)19-8-12(7-13(19)15(18)20)25-10-11-3-2-6-24-11/h2-3,6,12-14H,4-5,7-10H2,1H3/t12-,13-,14-/m0/s1. The van der Waals surface area contributed by atoms with Crippen LogP contribution >= 0.6 is 11.8 Å². The van der Waals surface area contributed by atoms with Gasteiger partial charge >= 0.3 is 0 Å². The number of hydrogen-bond donors (Lipinski definition) is 0. The molecule has 3 aliphatic heterocycles. The number of sulfonamides is 1. The van der Waals surface area contributed by atoms with Crippen LogP contribution in [0.3, 0.4) is 0 Å². The van der Waals surface area contributed by atoms with E-state index in [1.807, 2.05) is 12.1 Å². The Morgan fingerprint density at radius 1 is 1.15 bits per heavy atom. The van der Waals surface area contributed by atoms with Gasteiger partial charge in [0.25, 0.3) is 0 Å². The maximum absolute atomic E-state index is 12.9. The third kappa shape index (κ3) is 3.14. The second-order valence-corrected chi connectivity index (χ2v) is 10.2. The second kappa shape index (κ2) is 6.58. The molecule has 3 aliphatic rings. The molecule has 0 saturated carbocycles. The topological polar surface area (TPSA) is 91.1 Å². The molecule has 10 heteroatoms. The van der Waals surface area contributed by atoms with E-state index < -0.39 is 22.1 Å². The monoisotopic (exact) mass is 399 g/mol. The van der Waals surface area contributed by atoms with E-state index in [4.69, 9.17) is 4.42 Å². The maximum Gasteiger partial charge on any atom is 0.247 e. The molecule has 4 rings (SSSR count). The van der Waals surface area contributed by atoms with Crippen LogP contribution in [0.1, 0.15) is 12.2 Å². The van der Waals surface area contributed by atoms with Crippen molar-refractivity contribution >= 4 is 33.6 Å². The lowest BCUT2D eigenvalue weighted by atomic mass is 10.0. The van der Waals surface area contributed by atoms with Gasteiger partial charge in [0.15, 0.2) is 0 Å². The molecule has 3 saturated heterocycles. The van der Waals surface area contributed by atoms with E-state index >= 15 is 0 Å². The van der Waals surface area contributed by atoms with E-state index in [1.54, 1.807) is 27.8 Å². The Morgan fingerprint density at radius 3 is 2.62 bits per heavy atom. The Kier molecular flexibility index (Phi) is 4.52. The van der Waals surface area contributed by atoms with E-state index in [-0.39, 0.29) is 36.7 Å². The summed E-state index contributed by atoms with van der Waals surface area (Å²) in [6.07, 6.45) is 3.40. The lowest BCUT2D eigenvalue weighted by Crippen LogP contribution is -2.69. The molecule has 3 fully saturated rings. The van der Waals surface area contributed by atoms with Crippen molar-refractivity contribution < 1.29 is 22.4 Å². The summed E-state index contributed by atoms with van der Waals surface area (Å²) in [5, 5.41) is 0.172. The fourth-order valence-electron chi connectivity index (χ4n) is 3.91. The van der Waals surface area contributed by atoms with Crippen LogP contribution in [0.25, 0.3) is 0 Å². The van der Waals surface area contributed by atoms with Crippen molar-refractivity contribution in [3.05, 3.63) is 24.2 Å². The van der Waals surface area contributed by atoms with Gasteiger partial charge in [0.1, 0.15) is 17.8 Å². The third-order valence-electron chi connectivity index (χ3n) is 5.25. The number of rotatable bonds is 4. The molecule has 0 radical (unpaired) electrons. The minimum atomic E-state index is -3.37. The van der Waals surface area contributed by atoms with Gasteiger partial charge in [-0.2, -0.15) is 4.31 Å². The Hall–Kier alpha value is -1.52. The molecule has 0 N–H and O–H groups in total. The summed E-state index contributed by atoms with van der Waals surface area (Å²) in [7, 11) is -3.37. The number of amides is 2. The molecule has 8 nitrogen and oxygen atoms in total. The average molecular weight is 399 g/mol. The fourth-order valence-corrected chi connectivity index (χ4v) is 5.88. The van der Waals surface area contributed by atoms with E-state index in [2.05, 4.69) is 0 Å². The van der Waals surface area contributed by atoms with Gasteiger partial charge in [-0.3, -0.25) is 9.59 Å². The highest BCUT2D eigenvalue weighted by Gasteiger charge is 2.52. The highest BCUT2D eigenvalue weighted by atomic mass is 32.2. The highest BCUT2D eigenvalue weighted by molar-refractivity contribution is 7.99. The molecule has 2 amide bonds. The SMILES string of the molecule is CS(=O)(=O)N1CCN2C(=O)[C@@H]3C[C@H](SCc4ccco4)CN3C(=O)[C@@H]2C1. The Labute approximate surface area is 156 Å². The molecule has 0 unspecified atom stereocenters. The molecule has 3 atom stereocenters. The summed E-state index contributed by atoms with van der Waals surface area (Å²) in [6, 6.07) is 2.63. The third-order valence-corrected chi connectivity index (χ3v) is 7.79. The van der Waals surface area contributed by atoms with E-state index in [1.165, 1.54) is 4.31 Å². The van der Waals surface area contributed by atoms with Gasteiger partial charge in [-0.05, 0) is 18.6 Å². The first-order valence-electron chi connectivity index (χ1n) is 8.54. The first-order chi connectivity index (χ1) is 12.3. The molecule has 1 aromatic rings. The normalized spacial score (nSPS) is 29.8. The lowest BCUT2D eigenvalue weighted by Gasteiger charge is -2.46. The Bertz CT molecular complexity index is 810. The number of carbonyl (C=O) groups excluding carboxylic acids is 2. The largest absolute Gasteiger partial charge is 0.468 e. The summed E-state index contributed by atoms with van der Waals surface area (Å²) in [6.45, 7) is 1.09. The zero-order valence-corrected chi connectivity index (χ0v) is 16.0. The Balaban J connectivity index is 1.46. The van der Waals surface area contributed by atoms with Crippen LogP contribution < -0.4 is 0 Å². The van der Waals surface area contributed by atoms with Crippen molar-refractivity contribution in [3.63, 3.8) is 0 Å². The van der Waals surface area contributed by atoms with E-state index in [0.717, 1.165) is 12.0 Å². The molecular formula is C16H21N3O5S2. The van der Waals surface area contributed by atoms with Gasteiger partial charge in [-0.25, -0.2) is 8.42 Å². The van der Waals surface area contributed by atoms with Gasteiger partial charge in [0.05, 0.1) is 18.3 Å². The maximum atomic E-state index is 12.9. The van der Waals surface area contributed by atoms with Crippen molar-refractivity contribution in [2.24, 2.45) is 0 Å². The number of thioether (sulfide) groups is 1. The van der Waals surface area contributed by atoms with Crippen LogP contribution in [0.5, 0.6) is 0 Å². The smallest absolute Gasteiger partial charge is 0.247 e. The first kappa shape index (κ1) is 17.9.